The molecular weight excluding hydrogens is 387 g/mol. The van der Waals surface area contributed by atoms with Crippen LogP contribution in [0.25, 0.3) is 11.5 Å². The van der Waals surface area contributed by atoms with E-state index in [0.29, 0.717) is 29.7 Å². The molecule has 2 aromatic heterocycles. The van der Waals surface area contributed by atoms with Gasteiger partial charge in [-0.05, 0) is 43.2 Å². The van der Waals surface area contributed by atoms with Crippen molar-refractivity contribution in [1.29, 1.82) is 0 Å². The second kappa shape index (κ2) is 9.45. The molecule has 0 radical (unpaired) electrons. The van der Waals surface area contributed by atoms with E-state index in [1.54, 1.807) is 28.8 Å². The molecule has 30 heavy (non-hydrogen) atoms. The van der Waals surface area contributed by atoms with Crippen molar-refractivity contribution >= 4 is 17.4 Å². The van der Waals surface area contributed by atoms with Gasteiger partial charge in [-0.25, -0.2) is 9.37 Å². The largest absolute Gasteiger partial charge is 0.394 e. The number of carbonyl (C=O) groups excluding carboxylic acids is 1. The number of aliphatic hydroxyl groups is 1. The van der Waals surface area contributed by atoms with Crippen LogP contribution >= 0.6 is 0 Å². The highest BCUT2D eigenvalue weighted by atomic mass is 19.1. The quantitative estimate of drug-likeness (QED) is 0.524. The fourth-order valence-corrected chi connectivity index (χ4v) is 2.78. The summed E-state index contributed by atoms with van der Waals surface area (Å²) >= 11 is 0. The Labute approximate surface area is 174 Å². The van der Waals surface area contributed by atoms with Crippen LogP contribution in [0.4, 0.5) is 15.9 Å². The third kappa shape index (κ3) is 4.98. The molecule has 0 unspecified atom stereocenters. The molecule has 0 saturated heterocycles. The Morgan fingerprint density at radius 2 is 2.03 bits per heavy atom. The molecule has 1 atom stereocenters. The number of halogens is 1. The lowest BCUT2D eigenvalue weighted by Gasteiger charge is -2.13. The number of carbonyl (C=O) groups is 1. The first-order chi connectivity index (χ1) is 14.4. The van der Waals surface area contributed by atoms with Crippen molar-refractivity contribution in [2.75, 3.05) is 23.8 Å². The fraction of sp³-hybridized carbons (Fsp3) is 0.333. The number of benzene rings is 1. The van der Waals surface area contributed by atoms with E-state index in [-0.39, 0.29) is 24.0 Å². The maximum atomic E-state index is 14.3. The summed E-state index contributed by atoms with van der Waals surface area (Å²) in [5.41, 5.74) is 1.06. The van der Waals surface area contributed by atoms with Crippen LogP contribution < -0.4 is 10.6 Å². The summed E-state index contributed by atoms with van der Waals surface area (Å²) in [6, 6.07) is 9.15. The third-order valence-corrected chi connectivity index (χ3v) is 4.46. The van der Waals surface area contributed by atoms with E-state index in [0.717, 1.165) is 0 Å². The number of hydrogen-bond donors (Lipinski definition) is 3. The summed E-state index contributed by atoms with van der Waals surface area (Å²) in [4.78, 5) is 17.1. The summed E-state index contributed by atoms with van der Waals surface area (Å²) in [6.45, 7) is 6.57. The summed E-state index contributed by atoms with van der Waals surface area (Å²) in [6.07, 6.45) is 1.51. The molecule has 1 aromatic carbocycles. The number of nitrogens with zero attached hydrogens (tertiary/aromatic N) is 4. The van der Waals surface area contributed by atoms with Crippen molar-refractivity contribution in [3.8, 4) is 11.5 Å². The minimum absolute atomic E-state index is 0.0759. The molecule has 0 spiro atoms. The number of hydrogen-bond acceptors (Lipinski definition) is 6. The Morgan fingerprint density at radius 3 is 2.77 bits per heavy atom. The minimum atomic E-state index is -0.615. The molecular formula is C21H25FN6O2. The van der Waals surface area contributed by atoms with Gasteiger partial charge in [-0.2, -0.15) is 0 Å². The van der Waals surface area contributed by atoms with Gasteiger partial charge >= 0.3 is 0 Å². The monoisotopic (exact) mass is 412 g/mol. The third-order valence-electron chi connectivity index (χ3n) is 4.46. The normalized spacial score (nSPS) is 12.1. The second-order valence-corrected chi connectivity index (χ2v) is 7.42. The number of nitrogens with one attached hydrogen (secondary N) is 2. The molecule has 0 bridgehead atoms. The van der Waals surface area contributed by atoms with Crippen LogP contribution in [0.5, 0.6) is 0 Å². The molecule has 3 N–H and O–H groups in total. The molecule has 9 heteroatoms. The van der Waals surface area contributed by atoms with Crippen LogP contribution in [0.1, 0.15) is 37.2 Å². The molecule has 3 rings (SSSR count). The van der Waals surface area contributed by atoms with E-state index in [9.17, 15) is 14.3 Å². The number of amides is 1. The van der Waals surface area contributed by atoms with Crippen molar-refractivity contribution in [3.63, 3.8) is 0 Å². The molecule has 3 aromatic rings. The number of aliphatic hydroxyl groups excluding tert-OH is 1. The lowest BCUT2D eigenvalue weighted by Crippen LogP contribution is -2.16. The van der Waals surface area contributed by atoms with Gasteiger partial charge in [0.15, 0.2) is 5.82 Å². The maximum Gasteiger partial charge on any atom is 0.259 e. The molecule has 0 aliphatic rings. The summed E-state index contributed by atoms with van der Waals surface area (Å²) in [5.74, 6) is -0.0944. The molecule has 158 valence electrons. The van der Waals surface area contributed by atoms with Gasteiger partial charge < -0.3 is 20.3 Å². The standard InChI is InChI=1S/C21H25FN6O2/c1-13(2)10-23-15-7-8-17(22)16(9-15)21(30)26-19-6-4-5-18(25-19)20-27-24-12-28(20)14(3)11-29/h4-9,12-14,23,29H,10-11H2,1-3H3,(H,25,26,30)/t14-/m1/s1. The van der Waals surface area contributed by atoms with E-state index < -0.39 is 11.7 Å². The van der Waals surface area contributed by atoms with Crippen molar-refractivity contribution in [2.45, 2.75) is 26.8 Å². The Hall–Kier alpha value is -3.33. The van der Waals surface area contributed by atoms with Crippen molar-refractivity contribution in [2.24, 2.45) is 5.92 Å². The van der Waals surface area contributed by atoms with Crippen LogP contribution in [0.15, 0.2) is 42.7 Å². The van der Waals surface area contributed by atoms with Gasteiger partial charge in [0.25, 0.3) is 5.91 Å². The van der Waals surface area contributed by atoms with Crippen LogP contribution in [-0.4, -0.2) is 43.9 Å². The molecule has 2 heterocycles. The first-order valence-electron chi connectivity index (χ1n) is 9.71. The van der Waals surface area contributed by atoms with Gasteiger partial charge in [-0.15, -0.1) is 10.2 Å². The predicted molar refractivity (Wildman–Crippen MR) is 113 cm³/mol. The molecule has 0 saturated carbocycles. The SMILES string of the molecule is CC(C)CNc1ccc(F)c(C(=O)Nc2cccc(-c3nncn3[C@H](C)CO)n2)c1. The molecule has 8 nitrogen and oxygen atoms in total. The summed E-state index contributed by atoms with van der Waals surface area (Å²) < 4.78 is 15.9. The van der Waals surface area contributed by atoms with E-state index in [1.807, 2.05) is 6.92 Å². The first kappa shape index (κ1) is 21.4. The van der Waals surface area contributed by atoms with Crippen LogP contribution in [0.2, 0.25) is 0 Å². The topological polar surface area (TPSA) is 105 Å². The fourth-order valence-electron chi connectivity index (χ4n) is 2.78. The smallest absolute Gasteiger partial charge is 0.259 e. The summed E-state index contributed by atoms with van der Waals surface area (Å²) in [5, 5.41) is 23.1. The van der Waals surface area contributed by atoms with Gasteiger partial charge in [0.05, 0.1) is 18.2 Å². The lowest BCUT2D eigenvalue weighted by atomic mass is 10.1. The number of pyridine rings is 1. The van der Waals surface area contributed by atoms with Crippen LogP contribution in [-0.2, 0) is 0 Å². The van der Waals surface area contributed by atoms with Crippen molar-refractivity contribution in [3.05, 3.63) is 54.1 Å². The minimum Gasteiger partial charge on any atom is -0.394 e. The molecule has 0 aliphatic carbocycles. The van der Waals surface area contributed by atoms with Crippen molar-refractivity contribution in [1.82, 2.24) is 19.7 Å². The predicted octanol–water partition coefficient (Wildman–Crippen LogP) is 3.35. The average Bonchev–Trinajstić information content (AvgIpc) is 3.22. The number of anilines is 2. The molecule has 0 fully saturated rings. The van der Waals surface area contributed by atoms with Gasteiger partial charge in [-0.3, -0.25) is 4.79 Å². The zero-order chi connectivity index (χ0) is 21.7. The van der Waals surface area contributed by atoms with E-state index >= 15 is 0 Å². The highest BCUT2D eigenvalue weighted by Gasteiger charge is 2.16. The zero-order valence-corrected chi connectivity index (χ0v) is 17.1. The molecule has 1 amide bonds. The average molecular weight is 412 g/mol. The van der Waals surface area contributed by atoms with Crippen molar-refractivity contribution < 1.29 is 14.3 Å². The van der Waals surface area contributed by atoms with Crippen LogP contribution in [0.3, 0.4) is 0 Å². The highest BCUT2D eigenvalue weighted by molar-refractivity contribution is 6.04. The Bertz CT molecular complexity index is 1020. The highest BCUT2D eigenvalue weighted by Crippen LogP contribution is 2.21. The Morgan fingerprint density at radius 1 is 1.23 bits per heavy atom. The summed E-state index contributed by atoms with van der Waals surface area (Å²) in [7, 11) is 0. The Kier molecular flexibility index (Phi) is 6.73. The van der Waals surface area contributed by atoms with E-state index in [2.05, 4.69) is 39.7 Å². The Balaban J connectivity index is 1.81. The number of aromatic nitrogens is 4. The molecule has 0 aliphatic heterocycles. The van der Waals surface area contributed by atoms with Gasteiger partial charge in [0.1, 0.15) is 23.7 Å². The van der Waals surface area contributed by atoms with E-state index in [4.69, 9.17) is 0 Å². The van der Waals surface area contributed by atoms with Gasteiger partial charge in [-0.1, -0.05) is 19.9 Å². The second-order valence-electron chi connectivity index (χ2n) is 7.42. The van der Waals surface area contributed by atoms with Gasteiger partial charge in [0, 0.05) is 12.2 Å². The maximum absolute atomic E-state index is 14.3. The van der Waals surface area contributed by atoms with Crippen LogP contribution in [0, 0.1) is 11.7 Å². The first-order valence-corrected chi connectivity index (χ1v) is 9.71. The number of rotatable bonds is 8. The zero-order valence-electron chi connectivity index (χ0n) is 17.1. The van der Waals surface area contributed by atoms with E-state index in [1.165, 1.54) is 18.5 Å². The van der Waals surface area contributed by atoms with Gasteiger partial charge in [0.2, 0.25) is 0 Å². The lowest BCUT2D eigenvalue weighted by molar-refractivity contribution is 0.102.